The lowest BCUT2D eigenvalue weighted by atomic mass is 10.3. The van der Waals surface area contributed by atoms with E-state index in [1.807, 2.05) is 6.92 Å². The molecule has 0 aliphatic heterocycles. The zero-order valence-electron chi connectivity index (χ0n) is 10.7. The third-order valence-electron chi connectivity index (χ3n) is 2.55. The van der Waals surface area contributed by atoms with E-state index < -0.39 is 6.10 Å². The number of hydrogen-bond acceptors (Lipinski definition) is 5. The van der Waals surface area contributed by atoms with Crippen LogP contribution in [-0.4, -0.2) is 40.0 Å². The summed E-state index contributed by atoms with van der Waals surface area (Å²) < 4.78 is 5.43. The third kappa shape index (κ3) is 5.62. The highest BCUT2D eigenvalue weighted by molar-refractivity contribution is 7.99. The number of aliphatic hydroxyl groups is 2. The molecule has 0 spiro atoms. The van der Waals surface area contributed by atoms with Crippen molar-refractivity contribution >= 4 is 17.4 Å². The zero-order valence-corrected chi connectivity index (χ0v) is 11.6. The molecule has 102 valence electrons. The summed E-state index contributed by atoms with van der Waals surface area (Å²) in [6, 6.07) is 7.05. The Kier molecular flexibility index (Phi) is 6.32. The monoisotopic (exact) mass is 271 g/mol. The summed E-state index contributed by atoms with van der Waals surface area (Å²) in [6.07, 6.45) is -0.922. The van der Waals surface area contributed by atoms with Crippen molar-refractivity contribution in [2.75, 3.05) is 18.1 Å². The second-order valence-electron chi connectivity index (χ2n) is 4.31. The molecule has 4 nitrogen and oxygen atoms in total. The van der Waals surface area contributed by atoms with Gasteiger partial charge in [-0.2, -0.15) is 11.8 Å². The van der Waals surface area contributed by atoms with E-state index in [0.29, 0.717) is 17.2 Å². The smallest absolute Gasteiger partial charge is 0.119 e. The summed E-state index contributed by atoms with van der Waals surface area (Å²) in [5, 5.41) is 19.2. The first kappa shape index (κ1) is 15.1. The summed E-state index contributed by atoms with van der Waals surface area (Å²) in [5.41, 5.74) is 6.24. The molecule has 0 aliphatic carbocycles. The maximum Gasteiger partial charge on any atom is 0.119 e. The normalized spacial score (nSPS) is 16.0. The van der Waals surface area contributed by atoms with E-state index in [9.17, 15) is 10.2 Å². The van der Waals surface area contributed by atoms with Crippen molar-refractivity contribution in [3.05, 3.63) is 24.3 Å². The lowest BCUT2D eigenvalue weighted by molar-refractivity contribution is 0.126. The predicted octanol–water partition coefficient (Wildman–Crippen LogP) is 1.51. The Balaban J connectivity index is 2.24. The molecular formula is C13H21NO3S. The number of aliphatic hydroxyl groups excluding tert-OH is 2. The molecule has 0 radical (unpaired) electrons. The van der Waals surface area contributed by atoms with Crippen molar-refractivity contribution in [2.45, 2.75) is 31.3 Å². The minimum absolute atomic E-state index is 0.108. The molecule has 18 heavy (non-hydrogen) atoms. The fraction of sp³-hybridized carbons (Fsp3) is 0.538. The Labute approximate surface area is 112 Å². The van der Waals surface area contributed by atoms with Gasteiger partial charge in [0.1, 0.15) is 12.4 Å². The van der Waals surface area contributed by atoms with Crippen LogP contribution < -0.4 is 10.5 Å². The molecule has 5 heteroatoms. The van der Waals surface area contributed by atoms with Crippen LogP contribution in [0.5, 0.6) is 5.75 Å². The summed E-state index contributed by atoms with van der Waals surface area (Å²) in [7, 11) is 0. The molecule has 0 heterocycles. The van der Waals surface area contributed by atoms with Crippen molar-refractivity contribution in [1.82, 2.24) is 0 Å². The largest absolute Gasteiger partial charge is 0.491 e. The highest BCUT2D eigenvalue weighted by atomic mass is 32.2. The highest BCUT2D eigenvalue weighted by Gasteiger charge is 2.12. The van der Waals surface area contributed by atoms with E-state index >= 15 is 0 Å². The highest BCUT2D eigenvalue weighted by Crippen LogP contribution is 2.17. The average molecular weight is 271 g/mol. The number of nitrogens with two attached hydrogens (primary N) is 1. The Morgan fingerprint density at radius 2 is 1.83 bits per heavy atom. The molecule has 1 rings (SSSR count). The minimum Gasteiger partial charge on any atom is -0.491 e. The zero-order chi connectivity index (χ0) is 13.5. The number of ether oxygens (including phenoxy) is 1. The lowest BCUT2D eigenvalue weighted by Crippen LogP contribution is -2.24. The molecule has 1 aromatic carbocycles. The number of nitrogen functional groups attached to an aromatic ring is 1. The Morgan fingerprint density at radius 3 is 2.39 bits per heavy atom. The maximum atomic E-state index is 9.74. The van der Waals surface area contributed by atoms with Crippen LogP contribution in [0.3, 0.4) is 0 Å². The summed E-state index contributed by atoms with van der Waals surface area (Å²) in [5.74, 6) is 1.23. The molecular weight excluding hydrogens is 250 g/mol. The van der Waals surface area contributed by atoms with Gasteiger partial charge in [-0.05, 0) is 31.2 Å². The molecule has 0 fully saturated rings. The SMILES string of the molecule is CC(O)C(C)SCC(O)COc1ccc(N)cc1. The van der Waals surface area contributed by atoms with Crippen LogP contribution in [0.25, 0.3) is 0 Å². The first-order chi connectivity index (χ1) is 8.49. The standard InChI is InChI=1S/C13H21NO3S/c1-9(15)10(2)18-8-12(16)7-17-13-5-3-11(14)4-6-13/h3-6,9-10,12,15-16H,7-8,14H2,1-2H3. The molecule has 0 amide bonds. The van der Waals surface area contributed by atoms with Crippen molar-refractivity contribution in [3.8, 4) is 5.75 Å². The summed E-state index contributed by atoms with van der Waals surface area (Å²) in [4.78, 5) is 0. The van der Waals surface area contributed by atoms with Gasteiger partial charge < -0.3 is 20.7 Å². The van der Waals surface area contributed by atoms with E-state index in [1.54, 1.807) is 31.2 Å². The average Bonchev–Trinajstić information content (AvgIpc) is 2.35. The maximum absolute atomic E-state index is 9.74. The fourth-order valence-electron chi connectivity index (χ4n) is 1.21. The number of thioether (sulfide) groups is 1. The summed E-state index contributed by atoms with van der Waals surface area (Å²) >= 11 is 1.53. The first-order valence-corrected chi connectivity index (χ1v) is 7.00. The van der Waals surface area contributed by atoms with Gasteiger partial charge in [-0.25, -0.2) is 0 Å². The van der Waals surface area contributed by atoms with Gasteiger partial charge in [-0.15, -0.1) is 0 Å². The predicted molar refractivity (Wildman–Crippen MR) is 76.0 cm³/mol. The van der Waals surface area contributed by atoms with Gasteiger partial charge in [0.2, 0.25) is 0 Å². The van der Waals surface area contributed by atoms with Gasteiger partial charge in [0.15, 0.2) is 0 Å². The molecule has 0 saturated heterocycles. The van der Waals surface area contributed by atoms with Gasteiger partial charge in [-0.3, -0.25) is 0 Å². The van der Waals surface area contributed by atoms with E-state index in [2.05, 4.69) is 0 Å². The Morgan fingerprint density at radius 1 is 1.22 bits per heavy atom. The van der Waals surface area contributed by atoms with Crippen LogP contribution in [0.2, 0.25) is 0 Å². The van der Waals surface area contributed by atoms with Crippen molar-refractivity contribution in [2.24, 2.45) is 0 Å². The first-order valence-electron chi connectivity index (χ1n) is 5.95. The van der Waals surface area contributed by atoms with Crippen molar-refractivity contribution in [1.29, 1.82) is 0 Å². The van der Waals surface area contributed by atoms with Crippen LogP contribution in [0, 0.1) is 0 Å². The van der Waals surface area contributed by atoms with E-state index in [4.69, 9.17) is 10.5 Å². The number of benzene rings is 1. The van der Waals surface area contributed by atoms with Gasteiger partial charge in [0.05, 0.1) is 12.2 Å². The van der Waals surface area contributed by atoms with E-state index in [1.165, 1.54) is 11.8 Å². The Bertz CT molecular complexity index is 343. The lowest BCUT2D eigenvalue weighted by Gasteiger charge is -2.17. The molecule has 4 N–H and O–H groups in total. The number of rotatable bonds is 7. The van der Waals surface area contributed by atoms with Crippen LogP contribution in [0.4, 0.5) is 5.69 Å². The third-order valence-corrected chi connectivity index (χ3v) is 4.05. The molecule has 0 aromatic heterocycles. The van der Waals surface area contributed by atoms with Crippen LogP contribution in [0.15, 0.2) is 24.3 Å². The van der Waals surface area contributed by atoms with Crippen LogP contribution in [-0.2, 0) is 0 Å². The molecule has 1 aromatic rings. The second kappa shape index (κ2) is 7.51. The van der Waals surface area contributed by atoms with Gasteiger partial charge in [0.25, 0.3) is 0 Å². The van der Waals surface area contributed by atoms with Gasteiger partial charge >= 0.3 is 0 Å². The molecule has 0 bridgehead atoms. The topological polar surface area (TPSA) is 75.7 Å². The van der Waals surface area contributed by atoms with E-state index in [-0.39, 0.29) is 18.0 Å². The number of anilines is 1. The van der Waals surface area contributed by atoms with Crippen molar-refractivity contribution < 1.29 is 14.9 Å². The Hall–Kier alpha value is -0.910. The van der Waals surface area contributed by atoms with Gasteiger partial charge in [-0.1, -0.05) is 6.92 Å². The van der Waals surface area contributed by atoms with Crippen LogP contribution >= 0.6 is 11.8 Å². The molecule has 0 aliphatic rings. The van der Waals surface area contributed by atoms with Crippen LogP contribution in [0.1, 0.15) is 13.8 Å². The summed E-state index contributed by atoms with van der Waals surface area (Å²) in [6.45, 7) is 3.92. The molecule has 3 atom stereocenters. The molecule has 3 unspecified atom stereocenters. The quantitative estimate of drug-likeness (QED) is 0.655. The molecule has 0 saturated carbocycles. The minimum atomic E-state index is -0.547. The number of hydrogen-bond donors (Lipinski definition) is 3. The second-order valence-corrected chi connectivity index (χ2v) is 5.72. The van der Waals surface area contributed by atoms with E-state index in [0.717, 1.165) is 0 Å². The fourth-order valence-corrected chi connectivity index (χ4v) is 2.11. The van der Waals surface area contributed by atoms with Gasteiger partial charge in [0, 0.05) is 16.7 Å². The van der Waals surface area contributed by atoms with Crippen molar-refractivity contribution in [3.63, 3.8) is 0 Å².